The Balaban J connectivity index is 1.84. The molecule has 0 radical (unpaired) electrons. The van der Waals surface area contributed by atoms with Gasteiger partial charge in [0.05, 0.1) is 23.3 Å². The summed E-state index contributed by atoms with van der Waals surface area (Å²) in [6.07, 6.45) is 0. The van der Waals surface area contributed by atoms with Crippen LogP contribution in [-0.2, 0) is 4.79 Å². The number of ether oxygens (including phenoxy) is 1. The number of imide groups is 1. The maximum absolute atomic E-state index is 12.5. The zero-order valence-electron chi connectivity index (χ0n) is 14.8. The highest BCUT2D eigenvalue weighted by Crippen LogP contribution is 2.32. The third-order valence-electron chi connectivity index (χ3n) is 4.23. The molecule has 0 aliphatic carbocycles. The van der Waals surface area contributed by atoms with E-state index in [0.717, 1.165) is 6.07 Å². The molecule has 1 N–H and O–H groups in total. The van der Waals surface area contributed by atoms with Gasteiger partial charge in [-0.2, -0.15) is 0 Å². The van der Waals surface area contributed by atoms with Crippen molar-refractivity contribution in [2.45, 2.75) is 6.92 Å². The molecule has 3 rings (SSSR count). The summed E-state index contributed by atoms with van der Waals surface area (Å²) in [5.74, 6) is -2.01. The van der Waals surface area contributed by atoms with Crippen LogP contribution in [0.2, 0.25) is 5.02 Å². The van der Waals surface area contributed by atoms with E-state index in [-0.39, 0.29) is 11.1 Å². The number of carbonyl (C=O) groups is 3. The molecule has 0 unspecified atom stereocenters. The number of nitrogens with zero attached hydrogens (tertiary/aromatic N) is 2. The Bertz CT molecular complexity index is 1040. The number of anilines is 1. The van der Waals surface area contributed by atoms with Crippen LogP contribution in [0.3, 0.4) is 0 Å². The predicted octanol–water partition coefficient (Wildman–Crippen LogP) is 2.80. The van der Waals surface area contributed by atoms with Gasteiger partial charge in [0.15, 0.2) is 0 Å². The van der Waals surface area contributed by atoms with E-state index in [0.29, 0.717) is 26.9 Å². The molecule has 0 saturated heterocycles. The zero-order valence-corrected chi connectivity index (χ0v) is 15.6. The summed E-state index contributed by atoms with van der Waals surface area (Å²) in [6, 6.07) is 6.87. The van der Waals surface area contributed by atoms with Crippen LogP contribution >= 0.6 is 11.6 Å². The fourth-order valence-corrected chi connectivity index (χ4v) is 3.03. The molecule has 10 heteroatoms. The Kier molecular flexibility index (Phi) is 5.02. The summed E-state index contributed by atoms with van der Waals surface area (Å²) in [4.78, 5) is 48.4. The van der Waals surface area contributed by atoms with Crippen molar-refractivity contribution < 1.29 is 24.0 Å². The monoisotopic (exact) mass is 403 g/mol. The number of amides is 3. The van der Waals surface area contributed by atoms with Gasteiger partial charge in [0.2, 0.25) is 5.91 Å². The van der Waals surface area contributed by atoms with E-state index in [1.54, 1.807) is 13.0 Å². The predicted molar refractivity (Wildman–Crippen MR) is 99.8 cm³/mol. The lowest BCUT2D eigenvalue weighted by Gasteiger charge is -2.15. The Morgan fingerprint density at radius 2 is 2.00 bits per heavy atom. The minimum absolute atomic E-state index is 0.105. The molecule has 0 aromatic heterocycles. The number of methoxy groups -OCH3 is 1. The fourth-order valence-electron chi connectivity index (χ4n) is 2.87. The van der Waals surface area contributed by atoms with Gasteiger partial charge in [0.1, 0.15) is 17.9 Å². The lowest BCUT2D eigenvalue weighted by Crippen LogP contribution is -2.37. The zero-order chi connectivity index (χ0) is 20.6. The molecular formula is C18H14ClN3O6. The SMILES string of the molecule is COc1cc(Cl)c(C)cc1NC(=O)CN1C(=O)c2cccc([N+](=O)[O-])c2C1=O. The number of benzene rings is 2. The molecule has 144 valence electrons. The summed E-state index contributed by atoms with van der Waals surface area (Å²) in [5.41, 5.74) is 0.108. The molecule has 2 aromatic rings. The lowest BCUT2D eigenvalue weighted by molar-refractivity contribution is -0.385. The highest BCUT2D eigenvalue weighted by Gasteiger charge is 2.41. The van der Waals surface area contributed by atoms with Gasteiger partial charge in [0.25, 0.3) is 17.5 Å². The first kappa shape index (κ1) is 19.3. The minimum atomic E-state index is -0.887. The van der Waals surface area contributed by atoms with Crippen molar-refractivity contribution in [3.63, 3.8) is 0 Å². The van der Waals surface area contributed by atoms with Crippen LogP contribution in [0.4, 0.5) is 11.4 Å². The number of hydrogen-bond donors (Lipinski definition) is 1. The van der Waals surface area contributed by atoms with E-state index < -0.39 is 34.9 Å². The van der Waals surface area contributed by atoms with Crippen LogP contribution in [0.1, 0.15) is 26.3 Å². The van der Waals surface area contributed by atoms with Crippen molar-refractivity contribution in [2.24, 2.45) is 0 Å². The Morgan fingerprint density at radius 3 is 2.64 bits per heavy atom. The van der Waals surface area contributed by atoms with Crippen molar-refractivity contribution in [2.75, 3.05) is 19.0 Å². The fraction of sp³-hybridized carbons (Fsp3) is 0.167. The number of aryl methyl sites for hydroxylation is 1. The molecule has 2 aromatic carbocycles. The molecular weight excluding hydrogens is 390 g/mol. The number of nitrogens with one attached hydrogen (secondary N) is 1. The number of nitro groups is 1. The summed E-state index contributed by atoms with van der Waals surface area (Å²) < 4.78 is 5.17. The largest absolute Gasteiger partial charge is 0.495 e. The highest BCUT2D eigenvalue weighted by molar-refractivity contribution is 6.31. The van der Waals surface area contributed by atoms with E-state index in [1.165, 1.54) is 25.3 Å². The summed E-state index contributed by atoms with van der Waals surface area (Å²) in [5, 5.41) is 14.1. The molecule has 1 aliphatic heterocycles. The first-order chi connectivity index (χ1) is 13.2. The topological polar surface area (TPSA) is 119 Å². The number of hydrogen-bond acceptors (Lipinski definition) is 6. The molecule has 1 aliphatic rings. The van der Waals surface area contributed by atoms with Crippen LogP contribution in [0.5, 0.6) is 5.75 Å². The quantitative estimate of drug-likeness (QED) is 0.465. The summed E-state index contributed by atoms with van der Waals surface area (Å²) >= 11 is 6.02. The summed E-state index contributed by atoms with van der Waals surface area (Å²) in [6.45, 7) is 1.13. The van der Waals surface area contributed by atoms with Crippen molar-refractivity contribution >= 4 is 40.7 Å². The summed E-state index contributed by atoms with van der Waals surface area (Å²) in [7, 11) is 1.40. The molecule has 1 heterocycles. The number of nitro benzene ring substituents is 1. The first-order valence-corrected chi connectivity index (χ1v) is 8.40. The van der Waals surface area contributed by atoms with E-state index in [9.17, 15) is 24.5 Å². The molecule has 0 fully saturated rings. The molecule has 9 nitrogen and oxygen atoms in total. The van der Waals surface area contributed by atoms with E-state index in [2.05, 4.69) is 5.32 Å². The normalized spacial score (nSPS) is 12.8. The van der Waals surface area contributed by atoms with Gasteiger partial charge in [-0.1, -0.05) is 17.7 Å². The van der Waals surface area contributed by atoms with Crippen LogP contribution in [0.25, 0.3) is 0 Å². The molecule has 3 amide bonds. The maximum atomic E-state index is 12.5. The highest BCUT2D eigenvalue weighted by atomic mass is 35.5. The molecule has 0 spiro atoms. The van der Waals surface area contributed by atoms with Crippen LogP contribution in [0, 0.1) is 17.0 Å². The van der Waals surface area contributed by atoms with Gasteiger partial charge < -0.3 is 10.1 Å². The van der Waals surface area contributed by atoms with E-state index >= 15 is 0 Å². The van der Waals surface area contributed by atoms with Gasteiger partial charge in [-0.05, 0) is 24.6 Å². The number of halogens is 1. The Hall–Kier alpha value is -3.46. The lowest BCUT2D eigenvalue weighted by atomic mass is 10.1. The maximum Gasteiger partial charge on any atom is 0.282 e. The van der Waals surface area contributed by atoms with Crippen LogP contribution in [-0.4, -0.2) is 41.2 Å². The second-order valence-corrected chi connectivity index (χ2v) is 6.41. The second kappa shape index (κ2) is 7.28. The average molecular weight is 404 g/mol. The van der Waals surface area contributed by atoms with Crippen molar-refractivity contribution in [3.05, 3.63) is 62.2 Å². The standard InChI is InChI=1S/C18H14ClN3O6/c1-9-6-12(14(28-2)7-11(9)19)20-15(23)8-21-17(24)10-4-3-5-13(22(26)27)16(10)18(21)25/h3-7H,8H2,1-2H3,(H,20,23). The van der Waals surface area contributed by atoms with Gasteiger partial charge >= 0.3 is 0 Å². The first-order valence-electron chi connectivity index (χ1n) is 8.02. The second-order valence-electron chi connectivity index (χ2n) is 6.00. The molecule has 0 bridgehead atoms. The van der Waals surface area contributed by atoms with E-state index in [1.807, 2.05) is 0 Å². The minimum Gasteiger partial charge on any atom is -0.495 e. The van der Waals surface area contributed by atoms with Gasteiger partial charge in [-0.15, -0.1) is 0 Å². The average Bonchev–Trinajstić information content (AvgIpc) is 2.89. The third kappa shape index (κ3) is 3.27. The van der Waals surface area contributed by atoms with Gasteiger partial charge in [-0.25, -0.2) is 0 Å². The molecule has 0 atom stereocenters. The Labute approximate surface area is 164 Å². The molecule has 28 heavy (non-hydrogen) atoms. The van der Waals surface area contributed by atoms with Crippen LogP contribution < -0.4 is 10.1 Å². The number of fused-ring (bicyclic) bond motifs is 1. The Morgan fingerprint density at radius 1 is 1.29 bits per heavy atom. The smallest absolute Gasteiger partial charge is 0.282 e. The number of rotatable bonds is 5. The number of carbonyl (C=O) groups excluding carboxylic acids is 3. The van der Waals surface area contributed by atoms with Crippen molar-refractivity contribution in [1.29, 1.82) is 0 Å². The van der Waals surface area contributed by atoms with Crippen molar-refractivity contribution in [1.82, 2.24) is 4.90 Å². The molecule has 0 saturated carbocycles. The van der Waals surface area contributed by atoms with Crippen LogP contribution in [0.15, 0.2) is 30.3 Å². The van der Waals surface area contributed by atoms with Gasteiger partial charge in [-0.3, -0.25) is 29.4 Å². The van der Waals surface area contributed by atoms with Gasteiger partial charge in [0, 0.05) is 17.2 Å². The van der Waals surface area contributed by atoms with E-state index in [4.69, 9.17) is 16.3 Å². The third-order valence-corrected chi connectivity index (χ3v) is 4.64. The van der Waals surface area contributed by atoms with Crippen molar-refractivity contribution in [3.8, 4) is 5.75 Å².